The van der Waals surface area contributed by atoms with Gasteiger partial charge in [-0.2, -0.15) is 26.3 Å². The standard InChI is InChI=1S/C10H8F6N2O/c11-9(12,13)6-1-5-3-18(17)4-19-8(5)7(2-6)10(14,15)16/h1-2H,3-4,17H2. The molecule has 0 saturated carbocycles. The number of nitrogens with zero attached hydrogens (tertiary/aromatic N) is 1. The number of rotatable bonds is 0. The van der Waals surface area contributed by atoms with Crippen LogP contribution < -0.4 is 10.6 Å². The summed E-state index contributed by atoms with van der Waals surface area (Å²) in [5, 5.41) is 0.975. The molecule has 1 heterocycles. The molecule has 0 bridgehead atoms. The van der Waals surface area contributed by atoms with Crippen molar-refractivity contribution < 1.29 is 31.1 Å². The van der Waals surface area contributed by atoms with E-state index in [-0.39, 0.29) is 24.9 Å². The topological polar surface area (TPSA) is 38.5 Å². The summed E-state index contributed by atoms with van der Waals surface area (Å²) in [6.45, 7) is -0.566. The third kappa shape index (κ3) is 2.76. The maximum Gasteiger partial charge on any atom is 0.419 e. The molecule has 2 N–H and O–H groups in total. The lowest BCUT2D eigenvalue weighted by atomic mass is 10.0. The second kappa shape index (κ2) is 4.27. The predicted octanol–water partition coefficient (Wildman–Crippen LogP) is 2.75. The van der Waals surface area contributed by atoms with Gasteiger partial charge in [-0.15, -0.1) is 0 Å². The van der Waals surface area contributed by atoms with E-state index >= 15 is 0 Å². The SMILES string of the molecule is NN1COc2c(cc(C(F)(F)F)cc2C(F)(F)F)C1. The Morgan fingerprint density at radius 1 is 1.05 bits per heavy atom. The first kappa shape index (κ1) is 13.9. The number of hydrazine groups is 1. The van der Waals surface area contributed by atoms with Crippen LogP contribution >= 0.6 is 0 Å². The van der Waals surface area contributed by atoms with Gasteiger partial charge in [-0.3, -0.25) is 5.84 Å². The van der Waals surface area contributed by atoms with Crippen molar-refractivity contribution in [3.63, 3.8) is 0 Å². The van der Waals surface area contributed by atoms with Gasteiger partial charge >= 0.3 is 12.4 Å². The molecular weight excluding hydrogens is 278 g/mol. The number of nitrogens with two attached hydrogens (primary N) is 1. The average molecular weight is 286 g/mol. The first-order valence-corrected chi connectivity index (χ1v) is 5.03. The van der Waals surface area contributed by atoms with Crippen molar-refractivity contribution >= 4 is 0 Å². The summed E-state index contributed by atoms with van der Waals surface area (Å²) in [6, 6.07) is 0.661. The van der Waals surface area contributed by atoms with Crippen LogP contribution in [-0.2, 0) is 18.9 Å². The summed E-state index contributed by atoms with van der Waals surface area (Å²) < 4.78 is 80.7. The number of fused-ring (bicyclic) bond motifs is 1. The third-order valence-corrected chi connectivity index (χ3v) is 2.55. The summed E-state index contributed by atoms with van der Waals surface area (Å²) in [5.41, 5.74) is -3.06. The largest absolute Gasteiger partial charge is 0.476 e. The van der Waals surface area contributed by atoms with Gasteiger partial charge in [0, 0.05) is 12.1 Å². The van der Waals surface area contributed by atoms with Crippen LogP contribution in [0, 0.1) is 0 Å². The van der Waals surface area contributed by atoms with Crippen LogP contribution in [0.1, 0.15) is 16.7 Å². The minimum Gasteiger partial charge on any atom is -0.476 e. The van der Waals surface area contributed by atoms with E-state index in [0.717, 1.165) is 5.01 Å². The Bertz CT molecular complexity index is 496. The Hall–Kier alpha value is -1.48. The van der Waals surface area contributed by atoms with Crippen molar-refractivity contribution in [1.29, 1.82) is 0 Å². The molecule has 106 valence electrons. The molecule has 0 aliphatic carbocycles. The highest BCUT2D eigenvalue weighted by molar-refractivity contribution is 5.47. The van der Waals surface area contributed by atoms with Gasteiger partial charge in [-0.1, -0.05) is 0 Å². The molecule has 1 aliphatic heterocycles. The third-order valence-electron chi connectivity index (χ3n) is 2.55. The lowest BCUT2D eigenvalue weighted by Crippen LogP contribution is -2.38. The highest BCUT2D eigenvalue weighted by atomic mass is 19.4. The molecule has 0 saturated heterocycles. The molecule has 9 heteroatoms. The van der Waals surface area contributed by atoms with E-state index in [9.17, 15) is 26.3 Å². The molecule has 0 atom stereocenters. The summed E-state index contributed by atoms with van der Waals surface area (Å²) in [5.74, 6) is 4.72. The van der Waals surface area contributed by atoms with Crippen molar-refractivity contribution in [3.8, 4) is 5.75 Å². The molecule has 2 rings (SSSR count). The molecule has 0 radical (unpaired) electrons. The summed E-state index contributed by atoms with van der Waals surface area (Å²) in [4.78, 5) is 0. The first-order chi connectivity index (χ1) is 8.59. The van der Waals surface area contributed by atoms with Crippen molar-refractivity contribution in [2.75, 3.05) is 6.73 Å². The minimum absolute atomic E-state index is 0.0466. The molecule has 0 spiro atoms. The Morgan fingerprint density at radius 2 is 1.68 bits per heavy atom. The number of halogens is 6. The molecule has 1 aromatic rings. The molecule has 0 aromatic heterocycles. The van der Waals surface area contributed by atoms with Gasteiger partial charge in [0.1, 0.15) is 5.75 Å². The predicted molar refractivity (Wildman–Crippen MR) is 51.7 cm³/mol. The van der Waals surface area contributed by atoms with Gasteiger partial charge in [-0.25, -0.2) is 5.01 Å². The summed E-state index contributed by atoms with van der Waals surface area (Å²) in [7, 11) is 0. The fraction of sp³-hybridized carbons (Fsp3) is 0.400. The quantitative estimate of drug-likeness (QED) is 0.588. The molecule has 1 aliphatic rings. The number of hydrogen-bond donors (Lipinski definition) is 1. The van der Waals surface area contributed by atoms with Gasteiger partial charge in [0.2, 0.25) is 0 Å². The Labute approximate surface area is 103 Å². The van der Waals surface area contributed by atoms with E-state index in [1.165, 1.54) is 0 Å². The lowest BCUT2D eigenvalue weighted by Gasteiger charge is -2.28. The van der Waals surface area contributed by atoms with E-state index in [1.54, 1.807) is 0 Å². The Morgan fingerprint density at radius 3 is 2.21 bits per heavy atom. The van der Waals surface area contributed by atoms with Crippen LogP contribution in [0.4, 0.5) is 26.3 Å². The monoisotopic (exact) mass is 286 g/mol. The summed E-state index contributed by atoms with van der Waals surface area (Å²) in [6.07, 6.45) is -9.80. The van der Waals surface area contributed by atoms with Crippen LogP contribution in [0.5, 0.6) is 5.75 Å². The number of hydrogen-bond acceptors (Lipinski definition) is 3. The Kier molecular flexibility index (Phi) is 3.13. The van der Waals surface area contributed by atoms with Gasteiger partial charge < -0.3 is 4.74 Å². The van der Waals surface area contributed by atoms with E-state index in [2.05, 4.69) is 0 Å². The van der Waals surface area contributed by atoms with E-state index < -0.39 is 29.2 Å². The highest BCUT2D eigenvalue weighted by Crippen LogP contribution is 2.43. The van der Waals surface area contributed by atoms with Crippen molar-refractivity contribution in [2.45, 2.75) is 18.9 Å². The lowest BCUT2D eigenvalue weighted by molar-refractivity contribution is -0.144. The fourth-order valence-electron chi connectivity index (χ4n) is 1.76. The zero-order chi connectivity index (χ0) is 14.4. The second-order valence-electron chi connectivity index (χ2n) is 4.03. The zero-order valence-electron chi connectivity index (χ0n) is 9.27. The zero-order valence-corrected chi connectivity index (χ0v) is 9.27. The number of benzene rings is 1. The second-order valence-corrected chi connectivity index (χ2v) is 4.03. The highest BCUT2D eigenvalue weighted by Gasteiger charge is 2.41. The minimum atomic E-state index is -4.93. The van der Waals surface area contributed by atoms with Crippen molar-refractivity contribution in [3.05, 3.63) is 28.8 Å². The molecular formula is C10H8F6N2O. The smallest absolute Gasteiger partial charge is 0.419 e. The van der Waals surface area contributed by atoms with E-state index in [1.807, 2.05) is 0 Å². The van der Waals surface area contributed by atoms with Crippen LogP contribution in [0.2, 0.25) is 0 Å². The van der Waals surface area contributed by atoms with Gasteiger partial charge in [0.25, 0.3) is 0 Å². The van der Waals surface area contributed by atoms with Crippen LogP contribution in [0.15, 0.2) is 12.1 Å². The van der Waals surface area contributed by atoms with E-state index in [4.69, 9.17) is 10.6 Å². The Balaban J connectivity index is 2.62. The maximum atomic E-state index is 12.7. The average Bonchev–Trinajstić information content (AvgIpc) is 2.24. The maximum absolute atomic E-state index is 12.7. The van der Waals surface area contributed by atoms with Gasteiger partial charge in [0.15, 0.2) is 6.73 Å². The summed E-state index contributed by atoms with van der Waals surface area (Å²) >= 11 is 0. The molecule has 1 aromatic carbocycles. The van der Waals surface area contributed by atoms with Crippen LogP contribution in [0.3, 0.4) is 0 Å². The molecule has 0 fully saturated rings. The van der Waals surface area contributed by atoms with Crippen LogP contribution in [0.25, 0.3) is 0 Å². The van der Waals surface area contributed by atoms with E-state index in [0.29, 0.717) is 6.07 Å². The van der Waals surface area contributed by atoms with Gasteiger partial charge in [0.05, 0.1) is 11.1 Å². The molecule has 3 nitrogen and oxygen atoms in total. The number of ether oxygens (including phenoxy) is 1. The van der Waals surface area contributed by atoms with Crippen LogP contribution in [-0.4, -0.2) is 11.7 Å². The van der Waals surface area contributed by atoms with Gasteiger partial charge in [-0.05, 0) is 12.1 Å². The normalized spacial score (nSPS) is 17.0. The van der Waals surface area contributed by atoms with Crippen molar-refractivity contribution in [1.82, 2.24) is 5.01 Å². The first-order valence-electron chi connectivity index (χ1n) is 5.03. The molecule has 0 unspecified atom stereocenters. The molecule has 19 heavy (non-hydrogen) atoms. The van der Waals surface area contributed by atoms with Crippen molar-refractivity contribution in [2.24, 2.45) is 5.84 Å². The fourth-order valence-corrected chi connectivity index (χ4v) is 1.76. The molecule has 0 amide bonds. The number of alkyl halides is 6.